The van der Waals surface area contributed by atoms with Gasteiger partial charge in [0, 0.05) is 6.42 Å². The van der Waals surface area contributed by atoms with E-state index in [1.54, 1.807) is 0 Å². The number of hydrogen-bond acceptors (Lipinski definition) is 0. The van der Waals surface area contributed by atoms with Crippen molar-refractivity contribution < 1.29 is 4.39 Å². The summed E-state index contributed by atoms with van der Waals surface area (Å²) in [5.74, 6) is 0. The molecule has 1 aromatic carbocycles. The van der Waals surface area contributed by atoms with Crippen LogP contribution in [0.1, 0.15) is 50.8 Å². The Balaban J connectivity index is 2.61. The molecule has 1 atom stereocenters. The first kappa shape index (κ1) is 19.2. The Morgan fingerprint density at radius 3 is 2.44 bits per heavy atom. The van der Waals surface area contributed by atoms with E-state index in [-0.39, 0.29) is 0 Å². The molecule has 0 N–H and O–H groups in total. The Morgan fingerprint density at radius 2 is 1.84 bits per heavy atom. The predicted octanol–water partition coefficient (Wildman–Crippen LogP) is 7.21. The summed E-state index contributed by atoms with van der Waals surface area (Å²) < 4.78 is 14.2. The van der Waals surface area contributed by atoms with Gasteiger partial charge in [0.15, 0.2) is 0 Å². The molecule has 0 bridgehead atoms. The van der Waals surface area contributed by atoms with Crippen molar-refractivity contribution >= 4 is 5.57 Å². The van der Waals surface area contributed by atoms with E-state index >= 15 is 0 Å². The second-order valence-corrected chi connectivity index (χ2v) is 6.76. The average Bonchev–Trinajstić information content (AvgIpc) is 2.59. The van der Waals surface area contributed by atoms with Gasteiger partial charge in [-0.25, -0.2) is 4.39 Å². The Hall–Kier alpha value is -2.15. The largest absolute Gasteiger partial charge is 0.242 e. The fourth-order valence-electron chi connectivity index (χ4n) is 3.36. The molecule has 0 radical (unpaired) electrons. The van der Waals surface area contributed by atoms with Gasteiger partial charge in [0.25, 0.3) is 0 Å². The van der Waals surface area contributed by atoms with Gasteiger partial charge < -0.3 is 0 Å². The van der Waals surface area contributed by atoms with Crippen LogP contribution in [-0.2, 0) is 0 Å². The summed E-state index contributed by atoms with van der Waals surface area (Å²) in [6, 6.07) is 6.42. The summed E-state index contributed by atoms with van der Waals surface area (Å²) in [5, 5.41) is 0. The molecule has 0 saturated heterocycles. The molecule has 0 amide bonds. The monoisotopic (exact) mass is 336 g/mol. The van der Waals surface area contributed by atoms with E-state index in [0.29, 0.717) is 6.42 Å². The minimum atomic E-state index is -0.886. The number of allylic oxidation sites excluding steroid dienone is 10. The topological polar surface area (TPSA) is 0 Å². The molecule has 1 heteroatoms. The van der Waals surface area contributed by atoms with E-state index in [9.17, 15) is 4.39 Å². The standard InChI is InChI=1S/C24H29F/c1-7-10-22(20-14-13-17(4)24(25)15-20)19(6)21(8-2)23-12-9-11-16(3)18(23)5/h7-14,24H,15H2,1-6H3/b10-7-,21-8+,22-19+. The van der Waals surface area contributed by atoms with Crippen LogP contribution in [-0.4, -0.2) is 6.17 Å². The van der Waals surface area contributed by atoms with E-state index in [1.165, 1.54) is 27.8 Å². The van der Waals surface area contributed by atoms with Crippen molar-refractivity contribution in [3.8, 4) is 0 Å². The van der Waals surface area contributed by atoms with E-state index in [0.717, 1.165) is 16.7 Å². The first-order valence-electron chi connectivity index (χ1n) is 8.99. The molecule has 1 aliphatic carbocycles. The summed E-state index contributed by atoms with van der Waals surface area (Å²) in [6.45, 7) is 12.4. The molecular formula is C24H29F. The number of alkyl halides is 1. The third-order valence-electron chi connectivity index (χ3n) is 5.11. The molecule has 0 nitrogen and oxygen atoms in total. The van der Waals surface area contributed by atoms with Crippen LogP contribution in [0, 0.1) is 13.8 Å². The second-order valence-electron chi connectivity index (χ2n) is 6.76. The minimum absolute atomic E-state index is 0.448. The maximum atomic E-state index is 14.2. The van der Waals surface area contributed by atoms with Gasteiger partial charge in [-0.1, -0.05) is 48.6 Å². The van der Waals surface area contributed by atoms with Gasteiger partial charge in [-0.2, -0.15) is 0 Å². The fraction of sp³-hybridized carbons (Fsp3) is 0.333. The van der Waals surface area contributed by atoms with Crippen molar-refractivity contribution in [2.24, 2.45) is 0 Å². The Morgan fingerprint density at radius 1 is 1.12 bits per heavy atom. The molecule has 0 saturated carbocycles. The lowest BCUT2D eigenvalue weighted by Crippen LogP contribution is -2.09. The van der Waals surface area contributed by atoms with Gasteiger partial charge in [-0.3, -0.25) is 0 Å². The lowest BCUT2D eigenvalue weighted by Gasteiger charge is -2.21. The Labute approximate surface area is 152 Å². The summed E-state index contributed by atoms with van der Waals surface area (Å²) in [6.07, 6.45) is 9.85. The third kappa shape index (κ3) is 4.10. The summed E-state index contributed by atoms with van der Waals surface area (Å²) >= 11 is 0. The lowest BCUT2D eigenvalue weighted by atomic mass is 9.85. The van der Waals surface area contributed by atoms with Crippen LogP contribution in [0.4, 0.5) is 4.39 Å². The predicted molar refractivity (Wildman–Crippen MR) is 108 cm³/mol. The van der Waals surface area contributed by atoms with Gasteiger partial charge in [0.1, 0.15) is 6.17 Å². The molecular weight excluding hydrogens is 307 g/mol. The van der Waals surface area contributed by atoms with Crippen LogP contribution in [0.25, 0.3) is 5.57 Å². The molecule has 1 unspecified atom stereocenters. The van der Waals surface area contributed by atoms with Crippen molar-refractivity contribution in [2.45, 2.75) is 54.1 Å². The zero-order chi connectivity index (χ0) is 18.6. The van der Waals surface area contributed by atoms with Crippen molar-refractivity contribution in [3.63, 3.8) is 0 Å². The molecule has 0 aliphatic heterocycles. The molecule has 1 aliphatic rings. The minimum Gasteiger partial charge on any atom is -0.242 e. The quantitative estimate of drug-likeness (QED) is 0.509. The SMILES string of the molecule is C\C=C/C(C1=CC=C(C)C(F)C1)=C(C)\C(=C/C)c1cccc(C)c1C. The lowest BCUT2D eigenvalue weighted by molar-refractivity contribution is 0.377. The number of hydrogen-bond donors (Lipinski definition) is 0. The van der Waals surface area contributed by atoms with E-state index in [4.69, 9.17) is 0 Å². The normalized spacial score (nSPS) is 19.6. The van der Waals surface area contributed by atoms with Crippen molar-refractivity contribution in [1.82, 2.24) is 0 Å². The number of rotatable bonds is 4. The highest BCUT2D eigenvalue weighted by molar-refractivity contribution is 5.83. The Kier molecular flexibility index (Phi) is 6.36. The van der Waals surface area contributed by atoms with Gasteiger partial charge in [0.2, 0.25) is 0 Å². The first-order chi connectivity index (χ1) is 11.9. The van der Waals surface area contributed by atoms with Gasteiger partial charge in [-0.15, -0.1) is 0 Å². The third-order valence-corrected chi connectivity index (χ3v) is 5.11. The Bertz CT molecular complexity index is 797. The van der Waals surface area contributed by atoms with Crippen molar-refractivity contribution in [2.75, 3.05) is 0 Å². The molecule has 25 heavy (non-hydrogen) atoms. The molecule has 2 rings (SSSR count). The smallest absolute Gasteiger partial charge is 0.125 e. The highest BCUT2D eigenvalue weighted by Gasteiger charge is 2.19. The van der Waals surface area contributed by atoms with Crippen LogP contribution in [0.2, 0.25) is 0 Å². The zero-order valence-corrected chi connectivity index (χ0v) is 16.3. The molecule has 0 aromatic heterocycles. The molecule has 132 valence electrons. The highest BCUT2D eigenvalue weighted by Crippen LogP contribution is 2.35. The molecule has 0 fully saturated rings. The number of halogens is 1. The number of benzene rings is 1. The second kappa shape index (κ2) is 8.29. The maximum Gasteiger partial charge on any atom is 0.125 e. The van der Waals surface area contributed by atoms with Crippen LogP contribution in [0.5, 0.6) is 0 Å². The van der Waals surface area contributed by atoms with Crippen molar-refractivity contribution in [1.29, 1.82) is 0 Å². The van der Waals surface area contributed by atoms with E-state index < -0.39 is 6.17 Å². The van der Waals surface area contributed by atoms with Crippen LogP contribution in [0.3, 0.4) is 0 Å². The summed E-state index contributed by atoms with van der Waals surface area (Å²) in [7, 11) is 0. The summed E-state index contributed by atoms with van der Waals surface area (Å²) in [5.41, 5.74) is 9.26. The summed E-state index contributed by atoms with van der Waals surface area (Å²) in [4.78, 5) is 0. The zero-order valence-electron chi connectivity index (χ0n) is 16.3. The van der Waals surface area contributed by atoms with Crippen LogP contribution in [0.15, 0.2) is 70.9 Å². The van der Waals surface area contributed by atoms with E-state index in [1.807, 2.05) is 26.0 Å². The van der Waals surface area contributed by atoms with Crippen LogP contribution >= 0.6 is 0 Å². The van der Waals surface area contributed by atoms with Crippen molar-refractivity contribution in [3.05, 3.63) is 87.6 Å². The van der Waals surface area contributed by atoms with E-state index in [2.05, 4.69) is 64.1 Å². The van der Waals surface area contributed by atoms with Gasteiger partial charge in [-0.05, 0) is 86.1 Å². The van der Waals surface area contributed by atoms with Gasteiger partial charge >= 0.3 is 0 Å². The average molecular weight is 336 g/mol. The fourth-order valence-corrected chi connectivity index (χ4v) is 3.36. The maximum absolute atomic E-state index is 14.2. The highest BCUT2D eigenvalue weighted by atomic mass is 19.1. The molecule has 0 heterocycles. The molecule has 0 spiro atoms. The first-order valence-corrected chi connectivity index (χ1v) is 8.99. The van der Waals surface area contributed by atoms with Crippen LogP contribution < -0.4 is 0 Å². The molecule has 1 aromatic rings. The van der Waals surface area contributed by atoms with Gasteiger partial charge in [0.05, 0.1) is 0 Å². The number of aryl methyl sites for hydroxylation is 1.